The van der Waals surface area contributed by atoms with Crippen molar-refractivity contribution in [2.75, 3.05) is 13.1 Å². The average molecular weight is 445 g/mol. The highest BCUT2D eigenvalue weighted by Crippen LogP contribution is 2.21. The van der Waals surface area contributed by atoms with Gasteiger partial charge in [0.25, 0.3) is 5.91 Å². The third kappa shape index (κ3) is 4.74. The van der Waals surface area contributed by atoms with E-state index in [0.717, 1.165) is 31.4 Å². The van der Waals surface area contributed by atoms with Crippen molar-refractivity contribution in [3.05, 3.63) is 83.2 Å². The number of aromatic nitrogens is 3. The van der Waals surface area contributed by atoms with Crippen LogP contribution in [0.4, 0.5) is 4.79 Å². The van der Waals surface area contributed by atoms with Gasteiger partial charge in [-0.05, 0) is 36.0 Å². The Balaban J connectivity index is 1.18. The second-order valence-electron chi connectivity index (χ2n) is 8.70. The third-order valence-electron chi connectivity index (χ3n) is 6.50. The smallest absolute Gasteiger partial charge is 0.317 e. The molecule has 2 aliphatic rings. The van der Waals surface area contributed by atoms with E-state index in [1.807, 2.05) is 52.3 Å². The maximum absolute atomic E-state index is 13.0. The van der Waals surface area contributed by atoms with Crippen molar-refractivity contribution in [2.24, 2.45) is 0 Å². The SMILES string of the molecule is O=C(c1cn(C[C@@H]2CCCN2C(=O)NCc2ccccc2)nn1)N1CCc2ccccc2C1. The Hall–Kier alpha value is -3.68. The molecule has 33 heavy (non-hydrogen) atoms. The number of benzene rings is 2. The molecule has 0 unspecified atom stereocenters. The van der Waals surface area contributed by atoms with Crippen LogP contribution in [0.3, 0.4) is 0 Å². The van der Waals surface area contributed by atoms with Gasteiger partial charge in [-0.3, -0.25) is 4.79 Å². The number of nitrogens with zero attached hydrogens (tertiary/aromatic N) is 5. The summed E-state index contributed by atoms with van der Waals surface area (Å²) in [6.45, 7) is 3.03. The first kappa shape index (κ1) is 21.2. The Morgan fingerprint density at radius 3 is 2.64 bits per heavy atom. The first-order valence-electron chi connectivity index (χ1n) is 11.5. The van der Waals surface area contributed by atoms with Crippen molar-refractivity contribution in [3.63, 3.8) is 0 Å². The molecule has 2 aliphatic heterocycles. The van der Waals surface area contributed by atoms with Crippen LogP contribution in [0.1, 0.15) is 40.0 Å². The van der Waals surface area contributed by atoms with Crippen LogP contribution in [0.2, 0.25) is 0 Å². The first-order chi connectivity index (χ1) is 16.2. The minimum absolute atomic E-state index is 0.0345. The molecule has 1 N–H and O–H groups in total. The quantitative estimate of drug-likeness (QED) is 0.656. The molecule has 2 aromatic carbocycles. The molecule has 3 amide bonds. The van der Waals surface area contributed by atoms with E-state index >= 15 is 0 Å². The third-order valence-corrected chi connectivity index (χ3v) is 6.50. The van der Waals surface area contributed by atoms with E-state index in [0.29, 0.717) is 31.9 Å². The van der Waals surface area contributed by atoms with Gasteiger partial charge in [0, 0.05) is 26.2 Å². The molecule has 3 aromatic rings. The molecule has 0 saturated carbocycles. The van der Waals surface area contributed by atoms with Gasteiger partial charge in [-0.25, -0.2) is 9.48 Å². The predicted octanol–water partition coefficient (Wildman–Crippen LogP) is 2.85. The number of fused-ring (bicyclic) bond motifs is 1. The van der Waals surface area contributed by atoms with Gasteiger partial charge in [-0.1, -0.05) is 59.8 Å². The van der Waals surface area contributed by atoms with Gasteiger partial charge in [0.1, 0.15) is 0 Å². The number of carbonyl (C=O) groups excluding carboxylic acids is 2. The number of rotatable bonds is 5. The molecule has 0 spiro atoms. The summed E-state index contributed by atoms with van der Waals surface area (Å²) in [5.74, 6) is -0.0976. The van der Waals surface area contributed by atoms with Crippen LogP contribution in [-0.2, 0) is 26.1 Å². The molecule has 1 aromatic heterocycles. The Morgan fingerprint density at radius 2 is 1.79 bits per heavy atom. The Morgan fingerprint density at radius 1 is 1.00 bits per heavy atom. The molecule has 0 radical (unpaired) electrons. The summed E-state index contributed by atoms with van der Waals surface area (Å²) in [5, 5.41) is 11.3. The zero-order chi connectivity index (χ0) is 22.6. The number of amides is 3. The number of urea groups is 1. The van der Waals surface area contributed by atoms with Gasteiger partial charge in [-0.2, -0.15) is 0 Å². The van der Waals surface area contributed by atoms with E-state index in [9.17, 15) is 9.59 Å². The van der Waals surface area contributed by atoms with Crippen molar-refractivity contribution >= 4 is 11.9 Å². The van der Waals surface area contributed by atoms with E-state index in [2.05, 4.69) is 27.8 Å². The molecule has 3 heterocycles. The highest BCUT2D eigenvalue weighted by Gasteiger charge is 2.30. The fourth-order valence-corrected chi connectivity index (χ4v) is 4.70. The summed E-state index contributed by atoms with van der Waals surface area (Å²) in [7, 11) is 0. The summed E-state index contributed by atoms with van der Waals surface area (Å²) < 4.78 is 1.69. The molecule has 8 nitrogen and oxygen atoms in total. The van der Waals surface area contributed by atoms with Gasteiger partial charge < -0.3 is 15.1 Å². The largest absolute Gasteiger partial charge is 0.334 e. The molecule has 1 atom stereocenters. The zero-order valence-electron chi connectivity index (χ0n) is 18.6. The van der Waals surface area contributed by atoms with Gasteiger partial charge in [0.2, 0.25) is 0 Å². The van der Waals surface area contributed by atoms with Crippen LogP contribution >= 0.6 is 0 Å². The lowest BCUT2D eigenvalue weighted by Gasteiger charge is -2.28. The van der Waals surface area contributed by atoms with Crippen molar-refractivity contribution < 1.29 is 9.59 Å². The standard InChI is InChI=1S/C25H28N6O2/c32-24(29-14-12-20-9-4-5-10-21(20)16-29)23-18-30(28-27-23)17-22-11-6-13-31(22)25(33)26-15-19-7-2-1-3-8-19/h1-5,7-10,18,22H,6,11-17H2,(H,26,33)/t22-/m0/s1. The molecular weight excluding hydrogens is 416 g/mol. The molecule has 8 heteroatoms. The normalized spacial score (nSPS) is 17.6. The van der Waals surface area contributed by atoms with Crippen LogP contribution in [-0.4, -0.2) is 55.9 Å². The number of hydrogen-bond acceptors (Lipinski definition) is 4. The lowest BCUT2D eigenvalue weighted by molar-refractivity contribution is 0.0728. The topological polar surface area (TPSA) is 83.4 Å². The van der Waals surface area contributed by atoms with E-state index in [1.165, 1.54) is 11.1 Å². The van der Waals surface area contributed by atoms with Crippen LogP contribution in [0.5, 0.6) is 0 Å². The first-order valence-corrected chi connectivity index (χ1v) is 11.5. The lowest BCUT2D eigenvalue weighted by atomic mass is 10.00. The van der Waals surface area contributed by atoms with Crippen molar-refractivity contribution in [3.8, 4) is 0 Å². The summed E-state index contributed by atoms with van der Waals surface area (Å²) in [6, 6.07) is 18.1. The monoisotopic (exact) mass is 444 g/mol. The zero-order valence-corrected chi connectivity index (χ0v) is 18.6. The Bertz CT molecular complexity index is 1130. The number of carbonyl (C=O) groups is 2. The summed E-state index contributed by atoms with van der Waals surface area (Å²) >= 11 is 0. The van der Waals surface area contributed by atoms with Gasteiger partial charge in [-0.15, -0.1) is 5.10 Å². The summed E-state index contributed by atoms with van der Waals surface area (Å²) in [6.07, 6.45) is 4.42. The van der Waals surface area contributed by atoms with Crippen LogP contribution in [0.25, 0.3) is 0 Å². The van der Waals surface area contributed by atoms with Crippen molar-refractivity contribution in [1.29, 1.82) is 0 Å². The molecule has 170 valence electrons. The van der Waals surface area contributed by atoms with Crippen LogP contribution in [0, 0.1) is 0 Å². The van der Waals surface area contributed by atoms with E-state index < -0.39 is 0 Å². The minimum atomic E-state index is -0.0976. The van der Waals surface area contributed by atoms with Gasteiger partial charge >= 0.3 is 6.03 Å². The van der Waals surface area contributed by atoms with Crippen molar-refractivity contribution in [1.82, 2.24) is 30.1 Å². The summed E-state index contributed by atoms with van der Waals surface area (Å²) in [5.41, 5.74) is 3.92. The highest BCUT2D eigenvalue weighted by molar-refractivity contribution is 5.92. The van der Waals surface area contributed by atoms with Gasteiger partial charge in [0.15, 0.2) is 5.69 Å². The summed E-state index contributed by atoms with van der Waals surface area (Å²) in [4.78, 5) is 29.4. The number of likely N-dealkylation sites (tertiary alicyclic amines) is 1. The lowest BCUT2D eigenvalue weighted by Crippen LogP contribution is -2.44. The second-order valence-corrected chi connectivity index (χ2v) is 8.70. The fourth-order valence-electron chi connectivity index (χ4n) is 4.70. The molecule has 0 aliphatic carbocycles. The Labute approximate surface area is 193 Å². The van der Waals surface area contributed by atoms with Gasteiger partial charge in [0.05, 0.1) is 18.8 Å². The number of nitrogens with one attached hydrogen (secondary N) is 1. The van der Waals surface area contributed by atoms with E-state index in [1.54, 1.807) is 10.9 Å². The molecule has 1 saturated heterocycles. The molecular formula is C25H28N6O2. The maximum Gasteiger partial charge on any atom is 0.317 e. The fraction of sp³-hybridized carbons (Fsp3) is 0.360. The minimum Gasteiger partial charge on any atom is -0.334 e. The van der Waals surface area contributed by atoms with Crippen molar-refractivity contribution in [2.45, 2.75) is 44.9 Å². The molecule has 0 bridgehead atoms. The molecule has 5 rings (SSSR count). The van der Waals surface area contributed by atoms with E-state index in [4.69, 9.17) is 0 Å². The average Bonchev–Trinajstić information content (AvgIpc) is 3.52. The highest BCUT2D eigenvalue weighted by atomic mass is 16.2. The predicted molar refractivity (Wildman–Crippen MR) is 123 cm³/mol. The van der Waals surface area contributed by atoms with Crippen LogP contribution in [0.15, 0.2) is 60.8 Å². The van der Waals surface area contributed by atoms with Crippen LogP contribution < -0.4 is 5.32 Å². The maximum atomic E-state index is 13.0. The second kappa shape index (κ2) is 9.44. The number of hydrogen-bond donors (Lipinski definition) is 1. The Kier molecular flexibility index (Phi) is 6.06. The van der Waals surface area contributed by atoms with E-state index in [-0.39, 0.29) is 18.0 Å². The molecule has 1 fully saturated rings.